The highest BCUT2D eigenvalue weighted by molar-refractivity contribution is 7.89. The summed E-state index contributed by atoms with van der Waals surface area (Å²) in [5.41, 5.74) is 0.239. The van der Waals surface area contributed by atoms with Crippen molar-refractivity contribution in [3.63, 3.8) is 0 Å². The maximum absolute atomic E-state index is 13.0. The van der Waals surface area contributed by atoms with E-state index >= 15 is 0 Å². The van der Waals surface area contributed by atoms with Crippen LogP contribution in [0.2, 0.25) is 5.02 Å². The van der Waals surface area contributed by atoms with Gasteiger partial charge in [0.2, 0.25) is 10.0 Å². The number of benzene rings is 2. The highest BCUT2D eigenvalue weighted by Crippen LogP contribution is 2.23. The summed E-state index contributed by atoms with van der Waals surface area (Å²) in [5, 5.41) is 5.95. The molecular weight excluding hydrogens is 506 g/mol. The molecule has 0 unspecified atom stereocenters. The Bertz CT molecular complexity index is 1360. The van der Waals surface area contributed by atoms with Gasteiger partial charge < -0.3 is 15.4 Å². The molecule has 36 heavy (non-hydrogen) atoms. The van der Waals surface area contributed by atoms with E-state index in [0.29, 0.717) is 23.6 Å². The molecule has 2 amide bonds. The lowest BCUT2D eigenvalue weighted by atomic mass is 10.1. The number of amides is 2. The summed E-state index contributed by atoms with van der Waals surface area (Å²) in [4.78, 5) is 34.1. The van der Waals surface area contributed by atoms with Crippen LogP contribution < -0.4 is 15.4 Å². The highest BCUT2D eigenvalue weighted by atomic mass is 35.5. The van der Waals surface area contributed by atoms with Gasteiger partial charge in [-0.3, -0.25) is 9.59 Å². The first-order valence-corrected chi connectivity index (χ1v) is 12.9. The number of ether oxygens (including phenoxy) is 1. The van der Waals surface area contributed by atoms with E-state index in [1.54, 1.807) is 24.3 Å². The van der Waals surface area contributed by atoms with Crippen LogP contribution in [-0.2, 0) is 10.0 Å². The molecule has 0 saturated carbocycles. The van der Waals surface area contributed by atoms with Gasteiger partial charge >= 0.3 is 0 Å². The monoisotopic (exact) mass is 529 g/mol. The van der Waals surface area contributed by atoms with Crippen molar-refractivity contribution < 1.29 is 22.7 Å². The Kier molecular flexibility index (Phi) is 7.82. The minimum Gasteiger partial charge on any atom is -0.496 e. The number of anilines is 1. The molecule has 1 saturated heterocycles. The normalized spacial score (nSPS) is 14.7. The quantitative estimate of drug-likeness (QED) is 0.481. The third-order valence-corrected chi connectivity index (χ3v) is 7.90. The number of hydrogen-bond donors (Lipinski definition) is 2. The molecule has 0 atom stereocenters. The van der Waals surface area contributed by atoms with Gasteiger partial charge in [0.05, 0.1) is 17.6 Å². The maximum Gasteiger partial charge on any atom is 0.273 e. The zero-order valence-corrected chi connectivity index (χ0v) is 20.9. The van der Waals surface area contributed by atoms with Crippen molar-refractivity contribution in [1.82, 2.24) is 19.6 Å². The molecule has 2 N–H and O–H groups in total. The van der Waals surface area contributed by atoms with Crippen LogP contribution in [0, 0.1) is 0 Å². The number of para-hydroxylation sites is 1. The van der Waals surface area contributed by atoms with Gasteiger partial charge in [-0.25, -0.2) is 18.4 Å². The standard InChI is InChI=1S/C24H24ClN5O5S/c1-35-20-5-3-2-4-19(20)23(31)29-22-21(26-12-13-27-22)24(32)28-17-10-14-30(15-11-17)36(33,34)18-8-6-16(25)7-9-18/h2-9,12-13,17H,10-11,14-15H2,1H3,(H,28,32)(H,27,29,31). The first-order valence-electron chi connectivity index (χ1n) is 11.1. The average Bonchev–Trinajstić information content (AvgIpc) is 2.89. The SMILES string of the molecule is COc1ccccc1C(=O)Nc1nccnc1C(=O)NC1CCN(S(=O)(=O)c2ccc(Cl)cc2)CC1. The Morgan fingerprint density at radius 2 is 1.67 bits per heavy atom. The largest absolute Gasteiger partial charge is 0.496 e. The molecule has 12 heteroatoms. The average molecular weight is 530 g/mol. The third kappa shape index (κ3) is 5.64. The van der Waals surface area contributed by atoms with E-state index in [1.165, 1.54) is 48.1 Å². The van der Waals surface area contributed by atoms with Gasteiger partial charge in [-0.05, 0) is 49.2 Å². The number of aromatic nitrogens is 2. The summed E-state index contributed by atoms with van der Waals surface area (Å²) in [5.74, 6) is -0.626. The topological polar surface area (TPSA) is 131 Å². The van der Waals surface area contributed by atoms with Crippen LogP contribution in [0.15, 0.2) is 65.8 Å². The van der Waals surface area contributed by atoms with Gasteiger partial charge in [0.15, 0.2) is 11.5 Å². The fourth-order valence-corrected chi connectivity index (χ4v) is 5.45. The van der Waals surface area contributed by atoms with E-state index in [0.717, 1.165) is 0 Å². The minimum atomic E-state index is -3.65. The molecule has 1 aliphatic heterocycles. The van der Waals surface area contributed by atoms with E-state index in [-0.39, 0.29) is 41.1 Å². The number of rotatable bonds is 7. The second-order valence-corrected chi connectivity index (χ2v) is 10.4. The Morgan fingerprint density at radius 1 is 1.00 bits per heavy atom. The predicted octanol–water partition coefficient (Wildman–Crippen LogP) is 2.97. The van der Waals surface area contributed by atoms with Crippen LogP contribution in [0.3, 0.4) is 0 Å². The van der Waals surface area contributed by atoms with E-state index < -0.39 is 21.8 Å². The van der Waals surface area contributed by atoms with Crippen molar-refractivity contribution in [2.45, 2.75) is 23.8 Å². The fourth-order valence-electron chi connectivity index (χ4n) is 3.85. The fraction of sp³-hybridized carbons (Fsp3) is 0.250. The molecule has 0 radical (unpaired) electrons. The van der Waals surface area contributed by atoms with Crippen molar-refractivity contribution in [1.29, 1.82) is 0 Å². The maximum atomic E-state index is 13.0. The minimum absolute atomic E-state index is 0.00802. The van der Waals surface area contributed by atoms with E-state index in [1.807, 2.05) is 0 Å². The molecule has 1 aliphatic rings. The van der Waals surface area contributed by atoms with Gasteiger partial charge in [0.1, 0.15) is 5.75 Å². The third-order valence-electron chi connectivity index (χ3n) is 5.74. The number of halogens is 1. The number of carbonyl (C=O) groups is 2. The zero-order valence-electron chi connectivity index (χ0n) is 19.3. The Morgan fingerprint density at radius 3 is 2.36 bits per heavy atom. The second kappa shape index (κ2) is 11.0. The number of sulfonamides is 1. The van der Waals surface area contributed by atoms with Crippen LogP contribution in [0.5, 0.6) is 5.75 Å². The van der Waals surface area contributed by atoms with Gasteiger partial charge in [-0.15, -0.1) is 0 Å². The van der Waals surface area contributed by atoms with Crippen LogP contribution in [0.25, 0.3) is 0 Å². The molecule has 4 rings (SSSR count). The smallest absolute Gasteiger partial charge is 0.273 e. The lowest BCUT2D eigenvalue weighted by Gasteiger charge is -2.31. The number of nitrogens with zero attached hydrogens (tertiary/aromatic N) is 3. The summed E-state index contributed by atoms with van der Waals surface area (Å²) in [6.45, 7) is 0.488. The zero-order chi connectivity index (χ0) is 25.7. The molecule has 188 valence electrons. The summed E-state index contributed by atoms with van der Waals surface area (Å²) in [6.07, 6.45) is 3.56. The first-order chi connectivity index (χ1) is 17.3. The summed E-state index contributed by atoms with van der Waals surface area (Å²) in [7, 11) is -2.20. The lowest BCUT2D eigenvalue weighted by molar-refractivity contribution is 0.0919. The van der Waals surface area contributed by atoms with Crippen LogP contribution in [-0.4, -0.2) is 60.7 Å². The second-order valence-electron chi connectivity index (χ2n) is 8.01. The van der Waals surface area contributed by atoms with Gasteiger partial charge in [-0.1, -0.05) is 23.7 Å². The number of hydrogen-bond acceptors (Lipinski definition) is 7. The van der Waals surface area contributed by atoms with Crippen molar-refractivity contribution in [3.8, 4) is 5.75 Å². The molecular formula is C24H24ClN5O5S. The number of methoxy groups -OCH3 is 1. The van der Waals surface area contributed by atoms with Gasteiger partial charge in [-0.2, -0.15) is 4.31 Å². The van der Waals surface area contributed by atoms with Crippen LogP contribution >= 0.6 is 11.6 Å². The molecule has 10 nitrogen and oxygen atoms in total. The summed E-state index contributed by atoms with van der Waals surface area (Å²) < 4.78 is 32.4. The Balaban J connectivity index is 1.40. The molecule has 1 aromatic heterocycles. The van der Waals surface area contributed by atoms with Gasteiger partial charge in [0.25, 0.3) is 11.8 Å². The molecule has 2 aromatic carbocycles. The van der Waals surface area contributed by atoms with E-state index in [2.05, 4.69) is 20.6 Å². The predicted molar refractivity (Wildman–Crippen MR) is 134 cm³/mol. The lowest BCUT2D eigenvalue weighted by Crippen LogP contribution is -2.46. The van der Waals surface area contributed by atoms with Crippen molar-refractivity contribution in [3.05, 3.63) is 77.2 Å². The Hall–Kier alpha value is -3.54. The van der Waals surface area contributed by atoms with Crippen LogP contribution in [0.1, 0.15) is 33.7 Å². The van der Waals surface area contributed by atoms with Crippen molar-refractivity contribution in [2.24, 2.45) is 0 Å². The summed E-state index contributed by atoms with van der Waals surface area (Å²) in [6, 6.07) is 12.4. The highest BCUT2D eigenvalue weighted by Gasteiger charge is 2.30. The van der Waals surface area contributed by atoms with Gasteiger partial charge in [0, 0.05) is 36.5 Å². The molecule has 0 aliphatic carbocycles. The molecule has 0 bridgehead atoms. The molecule has 3 aromatic rings. The molecule has 0 spiro atoms. The Labute approximate surface area is 213 Å². The summed E-state index contributed by atoms with van der Waals surface area (Å²) >= 11 is 5.86. The number of piperidine rings is 1. The van der Waals surface area contributed by atoms with Crippen LogP contribution in [0.4, 0.5) is 5.82 Å². The first kappa shape index (κ1) is 25.5. The van der Waals surface area contributed by atoms with E-state index in [4.69, 9.17) is 16.3 Å². The number of carbonyl (C=O) groups excluding carboxylic acids is 2. The van der Waals surface area contributed by atoms with Crippen molar-refractivity contribution in [2.75, 3.05) is 25.5 Å². The molecule has 2 heterocycles. The number of nitrogens with one attached hydrogen (secondary N) is 2. The molecule has 1 fully saturated rings. The van der Waals surface area contributed by atoms with E-state index in [9.17, 15) is 18.0 Å². The van der Waals surface area contributed by atoms with Crippen molar-refractivity contribution >= 4 is 39.3 Å².